The van der Waals surface area contributed by atoms with Crippen LogP contribution < -0.4 is 4.72 Å². The molecule has 0 saturated carbocycles. The first-order valence-corrected chi connectivity index (χ1v) is 10.7. The SMILES string of the molecule is O=C(c1ccccc1F)N1CCC(CNS(=O)(=O)Cc2ccc(F)cc2)CC1. The molecule has 2 aromatic carbocycles. The third-order valence-corrected chi connectivity index (χ3v) is 6.19. The van der Waals surface area contributed by atoms with Crippen LogP contribution in [-0.2, 0) is 15.8 Å². The van der Waals surface area contributed by atoms with Gasteiger partial charge in [0.15, 0.2) is 0 Å². The number of nitrogens with one attached hydrogen (secondary N) is 1. The Morgan fingerprint density at radius 1 is 1.04 bits per heavy atom. The summed E-state index contributed by atoms with van der Waals surface area (Å²) in [4.78, 5) is 14.0. The molecule has 3 rings (SSSR count). The smallest absolute Gasteiger partial charge is 0.256 e. The lowest BCUT2D eigenvalue weighted by Gasteiger charge is -2.32. The summed E-state index contributed by atoms with van der Waals surface area (Å²) in [7, 11) is -3.53. The predicted molar refractivity (Wildman–Crippen MR) is 102 cm³/mol. The number of amides is 1. The van der Waals surface area contributed by atoms with Crippen molar-refractivity contribution in [3.8, 4) is 0 Å². The zero-order valence-corrected chi connectivity index (χ0v) is 16.1. The molecule has 0 aromatic heterocycles. The van der Waals surface area contributed by atoms with Crippen LogP contribution in [0.1, 0.15) is 28.8 Å². The Balaban J connectivity index is 1.48. The van der Waals surface area contributed by atoms with Crippen molar-refractivity contribution >= 4 is 15.9 Å². The summed E-state index contributed by atoms with van der Waals surface area (Å²) in [5.41, 5.74) is 0.570. The molecule has 1 amide bonds. The summed E-state index contributed by atoms with van der Waals surface area (Å²) < 4.78 is 53.7. The maximum Gasteiger partial charge on any atom is 0.256 e. The van der Waals surface area contributed by atoms with E-state index in [1.165, 1.54) is 42.5 Å². The molecule has 0 bridgehead atoms. The lowest BCUT2D eigenvalue weighted by atomic mass is 9.96. The summed E-state index contributed by atoms with van der Waals surface area (Å²) in [5, 5.41) is 0. The van der Waals surface area contributed by atoms with Crippen molar-refractivity contribution in [1.82, 2.24) is 9.62 Å². The number of carbonyl (C=O) groups excluding carboxylic acids is 1. The summed E-state index contributed by atoms with van der Waals surface area (Å²) >= 11 is 0. The minimum atomic E-state index is -3.53. The van der Waals surface area contributed by atoms with Gasteiger partial charge in [0.25, 0.3) is 5.91 Å². The van der Waals surface area contributed by atoms with Crippen LogP contribution in [0.4, 0.5) is 8.78 Å². The molecule has 2 aromatic rings. The minimum Gasteiger partial charge on any atom is -0.339 e. The molecular formula is C20H22F2N2O3S. The van der Waals surface area contributed by atoms with Gasteiger partial charge < -0.3 is 4.90 Å². The molecule has 0 unspecified atom stereocenters. The number of rotatable bonds is 6. The zero-order chi connectivity index (χ0) is 20.1. The number of benzene rings is 2. The van der Waals surface area contributed by atoms with E-state index in [4.69, 9.17) is 0 Å². The highest BCUT2D eigenvalue weighted by Crippen LogP contribution is 2.20. The van der Waals surface area contributed by atoms with E-state index >= 15 is 0 Å². The van der Waals surface area contributed by atoms with E-state index in [0.717, 1.165) is 0 Å². The fraction of sp³-hybridized carbons (Fsp3) is 0.350. The van der Waals surface area contributed by atoms with Crippen LogP contribution in [0.3, 0.4) is 0 Å². The number of likely N-dealkylation sites (tertiary alicyclic amines) is 1. The molecule has 5 nitrogen and oxygen atoms in total. The molecule has 1 heterocycles. The average molecular weight is 408 g/mol. The van der Waals surface area contributed by atoms with Crippen molar-refractivity contribution in [3.05, 3.63) is 71.3 Å². The highest BCUT2D eigenvalue weighted by Gasteiger charge is 2.26. The quantitative estimate of drug-likeness (QED) is 0.799. The fourth-order valence-corrected chi connectivity index (χ4v) is 4.46. The molecule has 8 heteroatoms. The van der Waals surface area contributed by atoms with Crippen LogP contribution in [0.15, 0.2) is 48.5 Å². The summed E-state index contributed by atoms with van der Waals surface area (Å²) in [6.07, 6.45) is 1.28. The molecular weight excluding hydrogens is 386 g/mol. The van der Waals surface area contributed by atoms with Crippen molar-refractivity contribution < 1.29 is 22.0 Å². The van der Waals surface area contributed by atoms with Crippen LogP contribution in [0.2, 0.25) is 0 Å². The zero-order valence-electron chi connectivity index (χ0n) is 15.3. The van der Waals surface area contributed by atoms with Gasteiger partial charge in [-0.15, -0.1) is 0 Å². The number of hydrogen-bond donors (Lipinski definition) is 1. The number of carbonyl (C=O) groups is 1. The van der Waals surface area contributed by atoms with Gasteiger partial charge in [-0.25, -0.2) is 21.9 Å². The van der Waals surface area contributed by atoms with E-state index in [1.54, 1.807) is 11.0 Å². The normalized spacial score (nSPS) is 15.6. The lowest BCUT2D eigenvalue weighted by Crippen LogP contribution is -2.41. The van der Waals surface area contributed by atoms with E-state index in [2.05, 4.69) is 4.72 Å². The Labute approximate surface area is 163 Å². The molecule has 0 spiro atoms. The summed E-state index contributed by atoms with van der Waals surface area (Å²) in [5.74, 6) is -1.40. The predicted octanol–water partition coefficient (Wildman–Crippen LogP) is 2.94. The molecule has 0 radical (unpaired) electrons. The summed E-state index contributed by atoms with van der Waals surface area (Å²) in [6, 6.07) is 11.2. The Bertz CT molecular complexity index is 925. The number of nitrogens with zero attached hydrogens (tertiary/aromatic N) is 1. The van der Waals surface area contributed by atoms with Gasteiger partial charge in [0.2, 0.25) is 10.0 Å². The topological polar surface area (TPSA) is 66.5 Å². The van der Waals surface area contributed by atoms with Gasteiger partial charge in [-0.3, -0.25) is 4.79 Å². The van der Waals surface area contributed by atoms with Crippen molar-refractivity contribution in [3.63, 3.8) is 0 Å². The molecule has 1 aliphatic heterocycles. The molecule has 1 saturated heterocycles. The van der Waals surface area contributed by atoms with Gasteiger partial charge in [-0.05, 0) is 48.6 Å². The van der Waals surface area contributed by atoms with Gasteiger partial charge >= 0.3 is 0 Å². The fourth-order valence-electron chi connectivity index (χ4n) is 3.24. The van der Waals surface area contributed by atoms with Crippen LogP contribution in [-0.4, -0.2) is 38.9 Å². The van der Waals surface area contributed by atoms with Crippen molar-refractivity contribution in [2.24, 2.45) is 5.92 Å². The molecule has 0 atom stereocenters. The molecule has 1 aliphatic rings. The van der Waals surface area contributed by atoms with E-state index in [0.29, 0.717) is 31.5 Å². The van der Waals surface area contributed by atoms with Gasteiger partial charge in [-0.2, -0.15) is 0 Å². The van der Waals surface area contributed by atoms with E-state index in [1.807, 2.05) is 0 Å². The Kier molecular flexibility index (Phi) is 6.41. The lowest BCUT2D eigenvalue weighted by molar-refractivity contribution is 0.0687. The highest BCUT2D eigenvalue weighted by atomic mass is 32.2. The van der Waals surface area contributed by atoms with E-state index < -0.39 is 21.7 Å². The first kappa shape index (κ1) is 20.4. The first-order valence-electron chi connectivity index (χ1n) is 9.09. The Morgan fingerprint density at radius 2 is 1.68 bits per heavy atom. The second kappa shape index (κ2) is 8.79. The van der Waals surface area contributed by atoms with Crippen molar-refractivity contribution in [2.45, 2.75) is 18.6 Å². The van der Waals surface area contributed by atoms with Crippen LogP contribution >= 0.6 is 0 Å². The Morgan fingerprint density at radius 3 is 2.32 bits per heavy atom. The molecule has 1 fully saturated rings. The van der Waals surface area contributed by atoms with Crippen molar-refractivity contribution in [2.75, 3.05) is 19.6 Å². The average Bonchev–Trinajstić information content (AvgIpc) is 2.68. The molecule has 1 N–H and O–H groups in total. The monoisotopic (exact) mass is 408 g/mol. The minimum absolute atomic E-state index is 0.0564. The van der Waals surface area contributed by atoms with Gasteiger partial charge in [-0.1, -0.05) is 24.3 Å². The first-order chi connectivity index (χ1) is 13.3. The van der Waals surface area contributed by atoms with Crippen molar-refractivity contribution in [1.29, 1.82) is 0 Å². The second-order valence-electron chi connectivity index (χ2n) is 6.95. The number of piperidine rings is 1. The number of sulfonamides is 1. The van der Waals surface area contributed by atoms with E-state index in [9.17, 15) is 22.0 Å². The van der Waals surface area contributed by atoms with Gasteiger partial charge in [0, 0.05) is 19.6 Å². The van der Waals surface area contributed by atoms with Gasteiger partial charge in [0.05, 0.1) is 11.3 Å². The standard InChI is InChI=1S/C20H22F2N2O3S/c21-17-7-5-16(6-8-17)14-28(26,27)23-13-15-9-11-24(12-10-15)20(25)18-3-1-2-4-19(18)22/h1-8,15,23H,9-14H2. The molecule has 150 valence electrons. The number of hydrogen-bond acceptors (Lipinski definition) is 3. The molecule has 28 heavy (non-hydrogen) atoms. The largest absolute Gasteiger partial charge is 0.339 e. The van der Waals surface area contributed by atoms with Crippen LogP contribution in [0.5, 0.6) is 0 Å². The maximum atomic E-state index is 13.8. The Hall–Kier alpha value is -2.32. The van der Waals surface area contributed by atoms with Crippen LogP contribution in [0, 0.1) is 17.6 Å². The van der Waals surface area contributed by atoms with E-state index in [-0.39, 0.29) is 29.7 Å². The highest BCUT2D eigenvalue weighted by molar-refractivity contribution is 7.88. The second-order valence-corrected chi connectivity index (χ2v) is 8.76. The third-order valence-electron chi connectivity index (χ3n) is 4.87. The summed E-state index contributed by atoms with van der Waals surface area (Å²) in [6.45, 7) is 1.19. The van der Waals surface area contributed by atoms with Crippen LogP contribution in [0.25, 0.3) is 0 Å². The van der Waals surface area contributed by atoms with Gasteiger partial charge in [0.1, 0.15) is 11.6 Å². The maximum absolute atomic E-state index is 13.8. The molecule has 0 aliphatic carbocycles. The number of halogens is 2. The third kappa shape index (κ3) is 5.36.